The Bertz CT molecular complexity index is 1380. The third-order valence-corrected chi connectivity index (χ3v) is 6.47. The van der Waals surface area contributed by atoms with Gasteiger partial charge >= 0.3 is 0 Å². The van der Waals surface area contributed by atoms with E-state index in [0.29, 0.717) is 5.89 Å². The first-order valence-corrected chi connectivity index (χ1v) is 12.3. The molecule has 5 rings (SSSR count). The predicted molar refractivity (Wildman–Crippen MR) is 137 cm³/mol. The van der Waals surface area contributed by atoms with Gasteiger partial charge in [0, 0.05) is 11.6 Å². The van der Waals surface area contributed by atoms with Gasteiger partial charge in [-0.25, -0.2) is 4.98 Å². The Hall–Kier alpha value is -4.01. The van der Waals surface area contributed by atoms with Gasteiger partial charge in [-0.2, -0.15) is 10.1 Å². The zero-order valence-corrected chi connectivity index (χ0v) is 21.1. The summed E-state index contributed by atoms with van der Waals surface area (Å²) in [5.74, 6) is 0.974. The summed E-state index contributed by atoms with van der Waals surface area (Å²) < 4.78 is 5.31. The molecule has 0 radical (unpaired) electrons. The third kappa shape index (κ3) is 5.00. The fourth-order valence-corrected chi connectivity index (χ4v) is 4.45. The van der Waals surface area contributed by atoms with Crippen LogP contribution < -0.4 is 10.6 Å². The van der Waals surface area contributed by atoms with Gasteiger partial charge in [-0.1, -0.05) is 50.5 Å². The van der Waals surface area contributed by atoms with E-state index in [2.05, 4.69) is 54.2 Å². The third-order valence-electron chi connectivity index (χ3n) is 6.47. The molecule has 0 aliphatic heterocycles. The summed E-state index contributed by atoms with van der Waals surface area (Å²) in [5, 5.41) is 17.3. The molecule has 0 fully saturated rings. The number of rotatable bonds is 5. The number of fused-ring (bicyclic) bond motifs is 1. The lowest BCUT2D eigenvalue weighted by Gasteiger charge is -2.19. The highest BCUT2D eigenvalue weighted by Crippen LogP contribution is 2.33. The number of aromatic amines is 1. The minimum atomic E-state index is -0.310. The molecular weight excluding hydrogens is 454 g/mol. The second kappa shape index (κ2) is 9.56. The van der Waals surface area contributed by atoms with Crippen LogP contribution in [0.15, 0.2) is 47.2 Å². The van der Waals surface area contributed by atoms with Gasteiger partial charge in [0.25, 0.3) is 11.7 Å². The van der Waals surface area contributed by atoms with Crippen molar-refractivity contribution in [2.45, 2.75) is 64.8 Å². The summed E-state index contributed by atoms with van der Waals surface area (Å²) in [6.45, 7) is 7.88. The van der Waals surface area contributed by atoms with Crippen LogP contribution in [0.2, 0.25) is 0 Å². The molecule has 1 atom stereocenters. The van der Waals surface area contributed by atoms with E-state index in [1.54, 1.807) is 12.4 Å². The van der Waals surface area contributed by atoms with Crippen molar-refractivity contribution in [1.82, 2.24) is 30.6 Å². The van der Waals surface area contributed by atoms with Crippen molar-refractivity contribution in [3.8, 4) is 11.1 Å². The highest BCUT2D eigenvalue weighted by atomic mass is 16.5. The molecule has 1 amide bonds. The molecule has 9 heteroatoms. The molecular formula is C27H31N7O2. The average molecular weight is 486 g/mol. The first kappa shape index (κ1) is 23.7. The van der Waals surface area contributed by atoms with E-state index in [9.17, 15) is 4.79 Å². The Morgan fingerprint density at radius 1 is 1.14 bits per heavy atom. The number of amides is 1. The second-order valence-electron chi connectivity index (χ2n) is 10.3. The normalized spacial score (nSPS) is 15.7. The van der Waals surface area contributed by atoms with Crippen LogP contribution in [0.3, 0.4) is 0 Å². The Kier molecular flexibility index (Phi) is 6.30. The first-order chi connectivity index (χ1) is 17.3. The zero-order chi connectivity index (χ0) is 25.3. The number of carbonyl (C=O) groups is 1. The van der Waals surface area contributed by atoms with E-state index in [0.717, 1.165) is 59.6 Å². The van der Waals surface area contributed by atoms with Crippen LogP contribution in [0.4, 0.5) is 11.5 Å². The monoisotopic (exact) mass is 485 g/mol. The van der Waals surface area contributed by atoms with E-state index in [1.165, 1.54) is 5.56 Å². The number of aryl methyl sites for hydroxylation is 2. The van der Waals surface area contributed by atoms with Crippen LogP contribution in [0, 0.1) is 6.92 Å². The van der Waals surface area contributed by atoms with Crippen LogP contribution in [-0.4, -0.2) is 31.2 Å². The number of nitrogens with one attached hydrogen (secondary N) is 3. The Morgan fingerprint density at radius 3 is 2.72 bits per heavy atom. The lowest BCUT2D eigenvalue weighted by Crippen LogP contribution is -2.29. The lowest BCUT2D eigenvalue weighted by atomic mass is 9.94. The molecule has 36 heavy (non-hydrogen) atoms. The first-order valence-electron chi connectivity index (χ1n) is 12.3. The highest BCUT2D eigenvalue weighted by Gasteiger charge is 2.27. The number of aromatic nitrogens is 5. The number of pyridine rings is 1. The van der Waals surface area contributed by atoms with Gasteiger partial charge in [-0.15, -0.1) is 0 Å². The molecule has 0 saturated heterocycles. The molecule has 0 bridgehead atoms. The number of hydrogen-bond acceptors (Lipinski definition) is 7. The topological polar surface area (TPSA) is 122 Å². The van der Waals surface area contributed by atoms with Crippen LogP contribution in [0.1, 0.15) is 79.4 Å². The predicted octanol–water partition coefficient (Wildman–Crippen LogP) is 5.40. The molecule has 0 unspecified atom stereocenters. The quantitative estimate of drug-likeness (QED) is 0.323. The van der Waals surface area contributed by atoms with E-state index < -0.39 is 0 Å². The van der Waals surface area contributed by atoms with Gasteiger partial charge < -0.3 is 15.2 Å². The Labute approximate surface area is 210 Å². The molecule has 186 valence electrons. The Morgan fingerprint density at radius 2 is 1.97 bits per heavy atom. The number of nitrogens with zero attached hydrogens (tertiary/aromatic N) is 4. The maximum absolute atomic E-state index is 12.9. The second-order valence-corrected chi connectivity index (χ2v) is 10.3. The molecule has 3 N–H and O–H groups in total. The number of carbonyl (C=O) groups excluding carboxylic acids is 1. The summed E-state index contributed by atoms with van der Waals surface area (Å²) in [5.41, 5.74) is 6.12. The highest BCUT2D eigenvalue weighted by molar-refractivity contribution is 5.90. The van der Waals surface area contributed by atoms with Gasteiger partial charge in [-0.05, 0) is 60.6 Å². The molecule has 1 aliphatic rings. The van der Waals surface area contributed by atoms with Crippen molar-refractivity contribution in [2.24, 2.45) is 0 Å². The Balaban J connectivity index is 1.37. The zero-order valence-electron chi connectivity index (χ0n) is 21.1. The number of benzene rings is 1. The van der Waals surface area contributed by atoms with Gasteiger partial charge in [0.05, 0.1) is 23.6 Å². The maximum Gasteiger partial charge on any atom is 0.293 e. The van der Waals surface area contributed by atoms with Crippen molar-refractivity contribution in [1.29, 1.82) is 0 Å². The average Bonchev–Trinajstić information content (AvgIpc) is 3.46. The molecule has 9 nitrogen and oxygen atoms in total. The molecule has 4 aromatic rings. The van der Waals surface area contributed by atoms with Gasteiger partial charge in [0.2, 0.25) is 5.89 Å². The number of H-pyrrole nitrogens is 1. The van der Waals surface area contributed by atoms with E-state index in [1.807, 2.05) is 39.8 Å². The fourth-order valence-electron chi connectivity index (χ4n) is 4.45. The summed E-state index contributed by atoms with van der Waals surface area (Å²) >= 11 is 0. The van der Waals surface area contributed by atoms with E-state index in [4.69, 9.17) is 4.52 Å². The molecule has 1 aliphatic carbocycles. The molecule has 1 aromatic carbocycles. The van der Waals surface area contributed by atoms with Crippen molar-refractivity contribution in [3.05, 3.63) is 71.3 Å². The van der Waals surface area contributed by atoms with Crippen LogP contribution in [0.5, 0.6) is 0 Å². The van der Waals surface area contributed by atoms with Crippen molar-refractivity contribution >= 4 is 17.4 Å². The molecule has 0 spiro atoms. The van der Waals surface area contributed by atoms with Crippen molar-refractivity contribution in [3.63, 3.8) is 0 Å². The van der Waals surface area contributed by atoms with Crippen molar-refractivity contribution < 1.29 is 9.32 Å². The lowest BCUT2D eigenvalue weighted by molar-refractivity contribution is 0.0921. The summed E-state index contributed by atoms with van der Waals surface area (Å²) in [7, 11) is 0. The standard InChI is InChI=1S/C27H31N7O2/c1-16-22(15-29-33-16)30-23-14-18(11-12-28-23)17-9-10-20-19(13-17)7-5-6-8-21(20)31-25(35)24-32-26(36-34-24)27(2,3)4/h9-15,21H,5-8H2,1-4H3,(H,28,30)(H,29,33)(H,31,35)/t21-/m0/s1. The van der Waals surface area contributed by atoms with Gasteiger partial charge in [-0.3, -0.25) is 9.89 Å². The fraction of sp³-hybridized carbons (Fsp3) is 0.370. The maximum atomic E-state index is 12.9. The number of anilines is 2. The molecule has 0 saturated carbocycles. The van der Waals surface area contributed by atoms with Gasteiger partial charge in [0.1, 0.15) is 5.82 Å². The molecule has 3 heterocycles. The number of hydrogen-bond donors (Lipinski definition) is 3. The minimum absolute atomic E-state index is 0.0759. The van der Waals surface area contributed by atoms with E-state index in [-0.39, 0.29) is 23.2 Å². The van der Waals surface area contributed by atoms with E-state index >= 15 is 0 Å². The summed E-state index contributed by atoms with van der Waals surface area (Å²) in [6.07, 6.45) is 7.49. The van der Waals surface area contributed by atoms with Crippen LogP contribution in [0.25, 0.3) is 11.1 Å². The summed E-state index contributed by atoms with van der Waals surface area (Å²) in [4.78, 5) is 21.7. The smallest absolute Gasteiger partial charge is 0.293 e. The minimum Gasteiger partial charge on any atom is -0.342 e. The SMILES string of the molecule is Cc1[nH]ncc1Nc1cc(-c2ccc3c(c2)CCCC[C@@H]3NC(=O)c2noc(C(C)(C)C)n2)ccn1. The molecule has 3 aromatic heterocycles. The van der Waals surface area contributed by atoms with Gasteiger partial charge in [0.15, 0.2) is 0 Å². The summed E-state index contributed by atoms with van der Waals surface area (Å²) in [6, 6.07) is 10.4. The van der Waals surface area contributed by atoms with Crippen molar-refractivity contribution in [2.75, 3.05) is 5.32 Å². The van der Waals surface area contributed by atoms with Crippen LogP contribution in [-0.2, 0) is 11.8 Å². The van der Waals surface area contributed by atoms with Crippen LogP contribution >= 0.6 is 0 Å². The largest absolute Gasteiger partial charge is 0.342 e.